The zero-order chi connectivity index (χ0) is 15.1. The minimum atomic E-state index is -0.817. The molecule has 1 heterocycles. The van der Waals surface area contributed by atoms with Crippen molar-refractivity contribution >= 4 is 12.0 Å². The van der Waals surface area contributed by atoms with E-state index in [1.165, 1.54) is 0 Å². The number of rotatable bonds is 7. The first-order valence-electron chi connectivity index (χ1n) is 7.20. The first-order valence-corrected chi connectivity index (χ1v) is 7.20. The summed E-state index contributed by atoms with van der Waals surface area (Å²) in [5, 5.41) is 11.7. The van der Waals surface area contributed by atoms with Gasteiger partial charge in [-0.15, -0.1) is 0 Å². The summed E-state index contributed by atoms with van der Waals surface area (Å²) in [4.78, 5) is 24.5. The minimum Gasteiger partial charge on any atom is -0.481 e. The van der Waals surface area contributed by atoms with E-state index in [4.69, 9.17) is 9.84 Å². The number of nitrogens with one attached hydrogen (secondary N) is 1. The number of carboxylic acids is 1. The number of carboxylic acid groups (broad SMARTS) is 1. The molecule has 6 heteroatoms. The van der Waals surface area contributed by atoms with Gasteiger partial charge in [0.05, 0.1) is 12.6 Å². The van der Waals surface area contributed by atoms with Crippen LogP contribution < -0.4 is 5.32 Å². The van der Waals surface area contributed by atoms with Gasteiger partial charge in [0.2, 0.25) is 0 Å². The minimum absolute atomic E-state index is 0.0234. The molecule has 0 aliphatic carbocycles. The van der Waals surface area contributed by atoms with Crippen molar-refractivity contribution in [2.45, 2.75) is 39.2 Å². The first-order chi connectivity index (χ1) is 9.40. The molecule has 6 nitrogen and oxygen atoms in total. The van der Waals surface area contributed by atoms with Crippen LogP contribution in [-0.2, 0) is 9.53 Å². The lowest BCUT2D eigenvalue weighted by Crippen LogP contribution is -2.45. The Hall–Kier alpha value is -1.30. The zero-order valence-corrected chi connectivity index (χ0v) is 12.6. The van der Waals surface area contributed by atoms with Crippen LogP contribution in [0.1, 0.15) is 33.1 Å². The third-order valence-corrected chi connectivity index (χ3v) is 3.58. The molecule has 0 radical (unpaired) electrons. The molecule has 2 unspecified atom stereocenters. The summed E-state index contributed by atoms with van der Waals surface area (Å²) >= 11 is 0. The van der Waals surface area contributed by atoms with Crippen molar-refractivity contribution in [3.8, 4) is 0 Å². The Morgan fingerprint density at radius 3 is 2.65 bits per heavy atom. The van der Waals surface area contributed by atoms with Crippen molar-refractivity contribution in [2.75, 3.05) is 26.8 Å². The fraction of sp³-hybridized carbons (Fsp3) is 0.857. The van der Waals surface area contributed by atoms with Gasteiger partial charge >= 0.3 is 12.0 Å². The van der Waals surface area contributed by atoms with Crippen molar-refractivity contribution in [3.63, 3.8) is 0 Å². The van der Waals surface area contributed by atoms with E-state index < -0.39 is 5.97 Å². The van der Waals surface area contributed by atoms with Gasteiger partial charge in [-0.1, -0.05) is 13.8 Å². The number of ether oxygens (including phenoxy) is 1. The highest BCUT2D eigenvalue weighted by Crippen LogP contribution is 2.15. The van der Waals surface area contributed by atoms with Gasteiger partial charge in [-0.3, -0.25) is 4.79 Å². The lowest BCUT2D eigenvalue weighted by Gasteiger charge is -2.25. The van der Waals surface area contributed by atoms with Crippen molar-refractivity contribution in [1.29, 1.82) is 0 Å². The summed E-state index contributed by atoms with van der Waals surface area (Å²) < 4.78 is 5.26. The number of amides is 2. The van der Waals surface area contributed by atoms with Crippen LogP contribution in [0.4, 0.5) is 4.79 Å². The number of carbonyl (C=O) groups excluding carboxylic acids is 1. The standard InChI is InChI=1S/C14H26N2O4/c1-10(2)6-11(7-13(17)18)8-15-14(19)16(3)12-4-5-20-9-12/h10-12H,4-9H2,1-3H3,(H,15,19)(H,17,18). The number of hydrogen-bond donors (Lipinski definition) is 2. The lowest BCUT2D eigenvalue weighted by molar-refractivity contribution is -0.138. The van der Waals surface area contributed by atoms with Gasteiger partial charge in [0.1, 0.15) is 0 Å². The number of urea groups is 1. The highest BCUT2D eigenvalue weighted by molar-refractivity contribution is 5.74. The van der Waals surface area contributed by atoms with Gasteiger partial charge in [0.15, 0.2) is 0 Å². The summed E-state index contributed by atoms with van der Waals surface area (Å²) in [5.41, 5.74) is 0. The van der Waals surface area contributed by atoms with E-state index in [1.54, 1.807) is 11.9 Å². The smallest absolute Gasteiger partial charge is 0.317 e. The van der Waals surface area contributed by atoms with Crippen molar-refractivity contribution < 1.29 is 19.4 Å². The molecule has 116 valence electrons. The predicted octanol–water partition coefficient (Wildman–Crippen LogP) is 1.55. The van der Waals surface area contributed by atoms with Gasteiger partial charge in [0, 0.05) is 26.6 Å². The Morgan fingerprint density at radius 1 is 1.45 bits per heavy atom. The van der Waals surface area contributed by atoms with E-state index in [9.17, 15) is 9.59 Å². The largest absolute Gasteiger partial charge is 0.481 e. The second-order valence-electron chi connectivity index (χ2n) is 5.91. The average Bonchev–Trinajstić information content (AvgIpc) is 2.87. The van der Waals surface area contributed by atoms with Gasteiger partial charge in [-0.2, -0.15) is 0 Å². The number of nitrogens with zero attached hydrogens (tertiary/aromatic N) is 1. The molecule has 1 saturated heterocycles. The van der Waals surface area contributed by atoms with Crippen molar-refractivity contribution in [2.24, 2.45) is 11.8 Å². The highest BCUT2D eigenvalue weighted by atomic mass is 16.5. The molecule has 1 aliphatic rings. The second-order valence-corrected chi connectivity index (χ2v) is 5.91. The lowest BCUT2D eigenvalue weighted by atomic mass is 9.94. The Labute approximate surface area is 120 Å². The summed E-state index contributed by atoms with van der Waals surface area (Å²) in [6.07, 6.45) is 1.74. The molecule has 1 fully saturated rings. The normalized spacial score (nSPS) is 19.9. The van der Waals surface area contributed by atoms with Gasteiger partial charge < -0.3 is 20.1 Å². The fourth-order valence-electron chi connectivity index (χ4n) is 2.50. The Kier molecular flexibility index (Phi) is 6.78. The van der Waals surface area contributed by atoms with E-state index in [1.807, 2.05) is 0 Å². The van der Waals surface area contributed by atoms with E-state index in [2.05, 4.69) is 19.2 Å². The van der Waals surface area contributed by atoms with Crippen molar-refractivity contribution in [1.82, 2.24) is 10.2 Å². The van der Waals surface area contributed by atoms with E-state index in [-0.39, 0.29) is 24.4 Å². The van der Waals surface area contributed by atoms with Crippen LogP contribution in [0.5, 0.6) is 0 Å². The quantitative estimate of drug-likeness (QED) is 0.744. The molecule has 0 spiro atoms. The molecule has 1 aliphatic heterocycles. The zero-order valence-electron chi connectivity index (χ0n) is 12.6. The molecule has 2 atom stereocenters. The maximum Gasteiger partial charge on any atom is 0.317 e. The molecule has 2 N–H and O–H groups in total. The van der Waals surface area contributed by atoms with E-state index in [0.29, 0.717) is 25.7 Å². The van der Waals surface area contributed by atoms with Crippen LogP contribution in [-0.4, -0.2) is 54.9 Å². The number of aliphatic carboxylic acids is 1. The average molecular weight is 286 g/mol. The Balaban J connectivity index is 2.40. The molecule has 1 rings (SSSR count). The molecule has 0 aromatic carbocycles. The van der Waals surface area contributed by atoms with E-state index >= 15 is 0 Å². The Bertz CT molecular complexity index is 327. The molecule has 0 aromatic rings. The monoisotopic (exact) mass is 286 g/mol. The van der Waals surface area contributed by atoms with Crippen LogP contribution in [0.3, 0.4) is 0 Å². The maximum atomic E-state index is 12.0. The van der Waals surface area contributed by atoms with Gasteiger partial charge in [-0.25, -0.2) is 4.79 Å². The van der Waals surface area contributed by atoms with Crippen LogP contribution >= 0.6 is 0 Å². The molecular weight excluding hydrogens is 260 g/mol. The van der Waals surface area contributed by atoms with Crippen LogP contribution in [0, 0.1) is 11.8 Å². The first kappa shape index (κ1) is 16.8. The summed E-state index contributed by atoms with van der Waals surface area (Å²) in [7, 11) is 1.75. The van der Waals surface area contributed by atoms with Crippen LogP contribution in [0.25, 0.3) is 0 Å². The fourth-order valence-corrected chi connectivity index (χ4v) is 2.50. The number of likely N-dealkylation sites (N-methyl/N-ethyl adjacent to an activating group) is 1. The van der Waals surface area contributed by atoms with Crippen molar-refractivity contribution in [3.05, 3.63) is 0 Å². The predicted molar refractivity (Wildman–Crippen MR) is 75.6 cm³/mol. The topological polar surface area (TPSA) is 78.9 Å². The second kappa shape index (κ2) is 8.09. The molecule has 0 saturated carbocycles. The Morgan fingerprint density at radius 2 is 2.15 bits per heavy atom. The number of carbonyl (C=O) groups is 2. The maximum absolute atomic E-state index is 12.0. The van der Waals surface area contributed by atoms with Gasteiger partial charge in [-0.05, 0) is 24.7 Å². The van der Waals surface area contributed by atoms with Crippen LogP contribution in [0.2, 0.25) is 0 Å². The van der Waals surface area contributed by atoms with E-state index in [0.717, 1.165) is 12.8 Å². The summed E-state index contributed by atoms with van der Waals surface area (Å²) in [5.74, 6) is -0.427. The molecule has 2 amide bonds. The molecule has 20 heavy (non-hydrogen) atoms. The summed E-state index contributed by atoms with van der Waals surface area (Å²) in [6, 6.07) is -0.0299. The molecule has 0 bridgehead atoms. The third-order valence-electron chi connectivity index (χ3n) is 3.58. The third kappa shape index (κ3) is 5.77. The van der Waals surface area contributed by atoms with Gasteiger partial charge in [0.25, 0.3) is 0 Å². The molecular formula is C14H26N2O4. The summed E-state index contributed by atoms with van der Waals surface area (Å²) in [6.45, 7) is 5.78. The van der Waals surface area contributed by atoms with Crippen LogP contribution in [0.15, 0.2) is 0 Å². The number of hydrogen-bond acceptors (Lipinski definition) is 3. The molecule has 0 aromatic heterocycles. The highest BCUT2D eigenvalue weighted by Gasteiger charge is 2.24. The SMILES string of the molecule is CC(C)CC(CNC(=O)N(C)C1CCOC1)CC(=O)O.